The molecule has 0 bridgehead atoms. The van der Waals surface area contributed by atoms with E-state index in [1.54, 1.807) is 0 Å². The first-order valence-electron chi connectivity index (χ1n) is 5.38. The second-order valence-electron chi connectivity index (χ2n) is 4.07. The molecular weight excluding hydrogens is 184 g/mol. The molecule has 1 aromatic rings. The first-order chi connectivity index (χ1) is 7.36. The molecule has 0 aliphatic heterocycles. The summed E-state index contributed by atoms with van der Waals surface area (Å²) in [4.78, 5) is 11.9. The van der Waals surface area contributed by atoms with Crippen molar-refractivity contribution in [2.75, 3.05) is 0 Å². The fourth-order valence-electron chi connectivity index (χ4n) is 2.41. The lowest BCUT2D eigenvalue weighted by Crippen LogP contribution is -2.13. The van der Waals surface area contributed by atoms with E-state index in [9.17, 15) is 4.79 Å². The Morgan fingerprint density at radius 3 is 2.53 bits per heavy atom. The number of benzene rings is 1. The molecule has 0 radical (unpaired) electrons. The van der Waals surface area contributed by atoms with Crippen molar-refractivity contribution in [1.29, 1.82) is 0 Å². The monoisotopic (exact) mass is 196 g/mol. The van der Waals surface area contributed by atoms with Crippen molar-refractivity contribution >= 4 is 11.4 Å². The van der Waals surface area contributed by atoms with Gasteiger partial charge in [-0.2, -0.15) is 0 Å². The van der Waals surface area contributed by atoms with Gasteiger partial charge in [0.2, 0.25) is 0 Å². The average molecular weight is 196 g/mol. The van der Waals surface area contributed by atoms with Gasteiger partial charge in [0.15, 0.2) is 5.78 Å². The summed E-state index contributed by atoms with van der Waals surface area (Å²) in [5.74, 6) is 0.260. The fraction of sp³-hybridized carbons (Fsp3) is 0.214. The van der Waals surface area contributed by atoms with Crippen LogP contribution in [0, 0.1) is 0 Å². The fourth-order valence-corrected chi connectivity index (χ4v) is 2.41. The molecule has 0 unspecified atom stereocenters. The maximum atomic E-state index is 11.9. The number of ketones is 1. The van der Waals surface area contributed by atoms with Crippen LogP contribution in [0.1, 0.15) is 35.2 Å². The van der Waals surface area contributed by atoms with Crippen LogP contribution >= 0.6 is 0 Å². The van der Waals surface area contributed by atoms with Crippen LogP contribution in [0.2, 0.25) is 0 Å². The third-order valence-electron chi connectivity index (χ3n) is 3.12. The zero-order valence-corrected chi connectivity index (χ0v) is 8.49. The Bertz CT molecular complexity index is 492. The Balaban J connectivity index is 2.24. The van der Waals surface area contributed by atoms with Gasteiger partial charge in [0.1, 0.15) is 0 Å². The molecule has 15 heavy (non-hydrogen) atoms. The molecule has 0 amide bonds. The molecule has 2 aliphatic carbocycles. The van der Waals surface area contributed by atoms with E-state index in [2.05, 4.69) is 18.2 Å². The largest absolute Gasteiger partial charge is 0.294 e. The van der Waals surface area contributed by atoms with E-state index in [1.165, 1.54) is 11.1 Å². The van der Waals surface area contributed by atoms with E-state index in [-0.39, 0.29) is 5.78 Å². The quantitative estimate of drug-likeness (QED) is 0.621. The molecule has 3 rings (SSSR count). The molecule has 0 aromatic heterocycles. The lowest BCUT2D eigenvalue weighted by molar-refractivity contribution is 0.0991. The minimum atomic E-state index is 0.260. The number of carbonyl (C=O) groups excluding carboxylic acids is 1. The van der Waals surface area contributed by atoms with Crippen LogP contribution in [0.3, 0.4) is 0 Å². The Kier molecular flexibility index (Phi) is 1.84. The summed E-state index contributed by atoms with van der Waals surface area (Å²) in [6.45, 7) is 0. The summed E-state index contributed by atoms with van der Waals surface area (Å²) in [6.07, 6.45) is 7.24. The lowest BCUT2D eigenvalue weighted by atomic mass is 9.80. The summed E-state index contributed by atoms with van der Waals surface area (Å²) < 4.78 is 0. The third kappa shape index (κ3) is 1.27. The van der Waals surface area contributed by atoms with Crippen LogP contribution in [0.15, 0.2) is 42.0 Å². The Hall–Kier alpha value is -1.63. The number of rotatable bonds is 0. The van der Waals surface area contributed by atoms with Gasteiger partial charge in [-0.25, -0.2) is 0 Å². The number of hydrogen-bond donors (Lipinski definition) is 0. The summed E-state index contributed by atoms with van der Waals surface area (Å²) in [5.41, 5.74) is 4.53. The first-order valence-corrected chi connectivity index (χ1v) is 5.38. The molecule has 0 fully saturated rings. The number of fused-ring (bicyclic) bond motifs is 3. The van der Waals surface area contributed by atoms with Crippen molar-refractivity contribution in [3.05, 3.63) is 53.1 Å². The van der Waals surface area contributed by atoms with Gasteiger partial charge in [0, 0.05) is 12.0 Å². The van der Waals surface area contributed by atoms with Gasteiger partial charge in [-0.15, -0.1) is 0 Å². The van der Waals surface area contributed by atoms with E-state index in [0.29, 0.717) is 6.42 Å². The molecule has 0 saturated heterocycles. The van der Waals surface area contributed by atoms with E-state index in [0.717, 1.165) is 24.0 Å². The maximum absolute atomic E-state index is 11.9. The maximum Gasteiger partial charge on any atom is 0.167 e. The summed E-state index contributed by atoms with van der Waals surface area (Å²) in [7, 11) is 0. The zero-order chi connectivity index (χ0) is 10.3. The first kappa shape index (κ1) is 8.66. The molecular formula is C14H12O. The number of allylic oxidation sites excluding steroid dienone is 4. The van der Waals surface area contributed by atoms with Gasteiger partial charge in [0.25, 0.3) is 0 Å². The van der Waals surface area contributed by atoms with Crippen molar-refractivity contribution in [2.24, 2.45) is 0 Å². The number of carbonyl (C=O) groups is 1. The Morgan fingerprint density at radius 1 is 0.933 bits per heavy atom. The smallest absolute Gasteiger partial charge is 0.167 e. The highest BCUT2D eigenvalue weighted by atomic mass is 16.1. The van der Waals surface area contributed by atoms with Crippen molar-refractivity contribution in [1.82, 2.24) is 0 Å². The van der Waals surface area contributed by atoms with E-state index < -0.39 is 0 Å². The molecule has 74 valence electrons. The topological polar surface area (TPSA) is 17.1 Å². The second kappa shape index (κ2) is 3.20. The van der Waals surface area contributed by atoms with Gasteiger partial charge in [-0.05, 0) is 29.6 Å². The van der Waals surface area contributed by atoms with Crippen molar-refractivity contribution in [3.8, 4) is 0 Å². The third-order valence-corrected chi connectivity index (χ3v) is 3.12. The molecule has 0 saturated carbocycles. The average Bonchev–Trinajstić information content (AvgIpc) is 2.30. The summed E-state index contributed by atoms with van der Waals surface area (Å²) in [6, 6.07) is 7.93. The minimum Gasteiger partial charge on any atom is -0.294 e. The molecule has 2 aliphatic rings. The van der Waals surface area contributed by atoms with Crippen LogP contribution < -0.4 is 0 Å². The molecule has 1 nitrogen and oxygen atoms in total. The predicted octanol–water partition coefficient (Wildman–Crippen LogP) is 3.38. The number of Topliss-reactive ketones (excluding diaryl/α,β-unsaturated/α-hetero) is 1. The highest BCUT2D eigenvalue weighted by Gasteiger charge is 2.24. The molecule has 0 atom stereocenters. The van der Waals surface area contributed by atoms with Crippen LogP contribution in [0.4, 0.5) is 0 Å². The number of hydrogen-bond acceptors (Lipinski definition) is 1. The molecule has 0 spiro atoms. The van der Waals surface area contributed by atoms with Gasteiger partial charge in [0.05, 0.1) is 0 Å². The van der Waals surface area contributed by atoms with Crippen LogP contribution in [0.25, 0.3) is 5.57 Å². The van der Waals surface area contributed by atoms with Gasteiger partial charge < -0.3 is 0 Å². The zero-order valence-electron chi connectivity index (χ0n) is 8.49. The molecule has 0 heterocycles. The van der Waals surface area contributed by atoms with Gasteiger partial charge >= 0.3 is 0 Å². The predicted molar refractivity (Wildman–Crippen MR) is 60.7 cm³/mol. The SMILES string of the molecule is O=C1CC2=CCCC=C2c2ccccc21. The van der Waals surface area contributed by atoms with E-state index in [1.807, 2.05) is 18.2 Å². The molecule has 1 aromatic carbocycles. The van der Waals surface area contributed by atoms with Crippen LogP contribution in [-0.2, 0) is 0 Å². The normalized spacial score (nSPS) is 18.8. The minimum absolute atomic E-state index is 0.260. The van der Waals surface area contributed by atoms with Crippen molar-refractivity contribution < 1.29 is 4.79 Å². The van der Waals surface area contributed by atoms with Crippen molar-refractivity contribution in [3.63, 3.8) is 0 Å². The lowest BCUT2D eigenvalue weighted by Gasteiger charge is -2.23. The second-order valence-corrected chi connectivity index (χ2v) is 4.07. The van der Waals surface area contributed by atoms with Gasteiger partial charge in [-0.3, -0.25) is 4.79 Å². The summed E-state index contributed by atoms with van der Waals surface area (Å²) >= 11 is 0. The highest BCUT2D eigenvalue weighted by molar-refractivity contribution is 6.09. The Morgan fingerprint density at radius 2 is 1.67 bits per heavy atom. The molecule has 0 N–H and O–H groups in total. The van der Waals surface area contributed by atoms with Crippen LogP contribution in [-0.4, -0.2) is 5.78 Å². The highest BCUT2D eigenvalue weighted by Crippen LogP contribution is 2.37. The van der Waals surface area contributed by atoms with Crippen molar-refractivity contribution in [2.45, 2.75) is 19.3 Å². The molecule has 1 heteroatoms. The standard InChI is InChI=1S/C14H12O/c15-14-9-10-5-1-2-6-11(10)12-7-3-4-8-13(12)14/h3-8H,1-2,9H2. The Labute approximate surface area is 89.1 Å². The van der Waals surface area contributed by atoms with Gasteiger partial charge in [-0.1, -0.05) is 36.4 Å². The van der Waals surface area contributed by atoms with Crippen LogP contribution in [0.5, 0.6) is 0 Å². The van der Waals surface area contributed by atoms with E-state index in [4.69, 9.17) is 0 Å². The van der Waals surface area contributed by atoms with E-state index >= 15 is 0 Å². The summed E-state index contributed by atoms with van der Waals surface area (Å²) in [5, 5.41) is 0.